The normalized spacial score (nSPS) is 10.7. The molecule has 0 radical (unpaired) electrons. The van der Waals surface area contributed by atoms with Crippen LogP contribution >= 0.6 is 15.9 Å². The zero-order valence-electron chi connectivity index (χ0n) is 8.63. The fourth-order valence-electron chi connectivity index (χ4n) is 1.17. The van der Waals surface area contributed by atoms with Crippen LogP contribution in [0.5, 0.6) is 0 Å². The molecule has 0 amide bonds. The largest absolute Gasteiger partial charge is 0.478 e. The van der Waals surface area contributed by atoms with Crippen LogP contribution in [0.25, 0.3) is 0 Å². The van der Waals surface area contributed by atoms with E-state index in [0.29, 0.717) is 16.7 Å². The summed E-state index contributed by atoms with van der Waals surface area (Å²) in [4.78, 5) is 10.2. The van der Waals surface area contributed by atoms with Crippen molar-refractivity contribution in [2.75, 3.05) is 11.9 Å². The number of carbonyl (C=O) groups is 1. The van der Waals surface area contributed by atoms with Crippen LogP contribution in [0.4, 0.5) is 10.1 Å². The maximum Gasteiger partial charge on any atom is 0.328 e. The lowest BCUT2D eigenvalue weighted by Crippen LogP contribution is -2.02. The molecule has 0 aliphatic carbocycles. The summed E-state index contributed by atoms with van der Waals surface area (Å²) in [5.74, 6) is -1.35. The molecule has 0 aliphatic heterocycles. The van der Waals surface area contributed by atoms with Gasteiger partial charge < -0.3 is 10.4 Å². The average molecular weight is 288 g/mol. The lowest BCUT2D eigenvalue weighted by atomic mass is 10.2. The van der Waals surface area contributed by atoms with Crippen LogP contribution < -0.4 is 5.32 Å². The Morgan fingerprint density at radius 2 is 2.31 bits per heavy atom. The number of hydrogen-bond acceptors (Lipinski definition) is 2. The minimum Gasteiger partial charge on any atom is -0.478 e. The maximum atomic E-state index is 13.2. The molecule has 1 aromatic rings. The summed E-state index contributed by atoms with van der Waals surface area (Å²) in [5.41, 5.74) is 1.53. The summed E-state index contributed by atoms with van der Waals surface area (Å²) in [6, 6.07) is 3.03. The molecule has 3 nitrogen and oxygen atoms in total. The first-order valence-electron chi connectivity index (χ1n) is 4.59. The van der Waals surface area contributed by atoms with Crippen molar-refractivity contribution in [2.24, 2.45) is 0 Å². The van der Waals surface area contributed by atoms with Crippen LogP contribution in [0.2, 0.25) is 0 Å². The number of carboxylic acid groups (broad SMARTS) is 1. The van der Waals surface area contributed by atoms with Gasteiger partial charge in [0.15, 0.2) is 0 Å². The van der Waals surface area contributed by atoms with Gasteiger partial charge in [-0.3, -0.25) is 0 Å². The Morgan fingerprint density at radius 1 is 1.62 bits per heavy atom. The fourth-order valence-corrected chi connectivity index (χ4v) is 1.62. The highest BCUT2D eigenvalue weighted by Gasteiger charge is 2.03. The number of aliphatic carboxylic acids is 1. The van der Waals surface area contributed by atoms with Crippen LogP contribution in [-0.4, -0.2) is 17.6 Å². The van der Waals surface area contributed by atoms with Crippen molar-refractivity contribution in [3.05, 3.63) is 40.1 Å². The highest BCUT2D eigenvalue weighted by Crippen LogP contribution is 2.23. The standard InChI is InChI=1S/C11H11BrFNO2/c1-7-5-8(12)9(13)6-10(7)14-4-2-3-11(15)16/h2-3,5-6,14H,4H2,1H3,(H,15,16)/b3-2+. The van der Waals surface area contributed by atoms with Gasteiger partial charge in [0.25, 0.3) is 0 Å². The van der Waals surface area contributed by atoms with Gasteiger partial charge in [-0.2, -0.15) is 0 Å². The molecule has 16 heavy (non-hydrogen) atoms. The summed E-state index contributed by atoms with van der Waals surface area (Å²) >= 11 is 3.09. The van der Waals surface area contributed by atoms with Gasteiger partial charge in [-0.15, -0.1) is 0 Å². The van der Waals surface area contributed by atoms with Crippen LogP contribution in [0.3, 0.4) is 0 Å². The van der Waals surface area contributed by atoms with E-state index >= 15 is 0 Å². The zero-order valence-corrected chi connectivity index (χ0v) is 10.2. The van der Waals surface area contributed by atoms with Crippen molar-refractivity contribution in [2.45, 2.75) is 6.92 Å². The molecule has 0 fully saturated rings. The topological polar surface area (TPSA) is 49.3 Å². The molecule has 0 bridgehead atoms. The summed E-state index contributed by atoms with van der Waals surface area (Å²) in [5, 5.41) is 11.3. The van der Waals surface area contributed by atoms with E-state index in [0.717, 1.165) is 11.6 Å². The summed E-state index contributed by atoms with van der Waals surface area (Å²) in [6.45, 7) is 2.18. The molecule has 0 heterocycles. The maximum absolute atomic E-state index is 13.2. The van der Waals surface area contributed by atoms with Crippen LogP contribution in [-0.2, 0) is 4.79 Å². The number of nitrogens with one attached hydrogen (secondary N) is 1. The molecule has 0 spiro atoms. The molecule has 0 aliphatic rings. The quantitative estimate of drug-likeness (QED) is 0.837. The number of aryl methyl sites for hydroxylation is 1. The molecule has 0 saturated carbocycles. The van der Waals surface area contributed by atoms with Gasteiger partial charge in [0.05, 0.1) is 4.47 Å². The van der Waals surface area contributed by atoms with Gasteiger partial charge >= 0.3 is 5.97 Å². The second kappa shape index (κ2) is 5.65. The number of hydrogen-bond donors (Lipinski definition) is 2. The number of carboxylic acids is 1. The van der Waals surface area contributed by atoms with Gasteiger partial charge in [0.1, 0.15) is 5.82 Å². The van der Waals surface area contributed by atoms with E-state index < -0.39 is 5.97 Å². The highest BCUT2D eigenvalue weighted by atomic mass is 79.9. The van der Waals surface area contributed by atoms with Crippen molar-refractivity contribution < 1.29 is 14.3 Å². The van der Waals surface area contributed by atoms with E-state index in [4.69, 9.17) is 5.11 Å². The Bertz CT molecular complexity index is 432. The van der Waals surface area contributed by atoms with Crippen molar-refractivity contribution in [1.82, 2.24) is 0 Å². The summed E-state index contributed by atoms with van der Waals surface area (Å²) < 4.78 is 13.6. The third kappa shape index (κ3) is 3.66. The lowest BCUT2D eigenvalue weighted by molar-refractivity contribution is -0.131. The third-order valence-corrected chi connectivity index (χ3v) is 2.55. The van der Waals surface area contributed by atoms with Crippen LogP contribution in [0, 0.1) is 12.7 Å². The van der Waals surface area contributed by atoms with Crippen molar-refractivity contribution in [1.29, 1.82) is 0 Å². The number of anilines is 1. The Balaban J connectivity index is 2.67. The molecular weight excluding hydrogens is 277 g/mol. The number of rotatable bonds is 4. The number of benzene rings is 1. The highest BCUT2D eigenvalue weighted by molar-refractivity contribution is 9.10. The van der Waals surface area contributed by atoms with Gasteiger partial charge in [0, 0.05) is 18.3 Å². The second-order valence-corrected chi connectivity index (χ2v) is 4.06. The predicted octanol–water partition coefficient (Wildman–Crippen LogP) is 2.95. The molecular formula is C11H11BrFNO2. The minimum atomic E-state index is -1.000. The van der Waals surface area contributed by atoms with E-state index in [1.807, 2.05) is 6.92 Å². The Kier molecular flexibility index (Phi) is 4.49. The second-order valence-electron chi connectivity index (χ2n) is 3.20. The third-order valence-electron chi connectivity index (χ3n) is 1.94. The molecule has 2 N–H and O–H groups in total. The number of halogens is 2. The SMILES string of the molecule is Cc1cc(Br)c(F)cc1NC/C=C/C(=O)O. The molecule has 0 atom stereocenters. The monoisotopic (exact) mass is 287 g/mol. The van der Waals surface area contributed by atoms with Crippen LogP contribution in [0.1, 0.15) is 5.56 Å². The molecule has 1 aromatic carbocycles. The lowest BCUT2D eigenvalue weighted by Gasteiger charge is -2.08. The fraction of sp³-hybridized carbons (Fsp3) is 0.182. The predicted molar refractivity (Wildman–Crippen MR) is 64.1 cm³/mol. The van der Waals surface area contributed by atoms with Gasteiger partial charge in [0.2, 0.25) is 0 Å². The summed E-state index contributed by atoms with van der Waals surface area (Å²) in [7, 11) is 0. The molecule has 0 saturated heterocycles. The molecule has 5 heteroatoms. The first kappa shape index (κ1) is 12.7. The van der Waals surface area contributed by atoms with E-state index in [2.05, 4.69) is 21.2 Å². The molecule has 86 valence electrons. The Morgan fingerprint density at radius 3 is 2.94 bits per heavy atom. The smallest absolute Gasteiger partial charge is 0.328 e. The molecule has 0 aromatic heterocycles. The Hall–Kier alpha value is -1.36. The van der Waals surface area contributed by atoms with E-state index in [-0.39, 0.29) is 5.82 Å². The Labute approximate surface area is 101 Å². The zero-order chi connectivity index (χ0) is 12.1. The molecule has 1 rings (SSSR count). The first-order valence-corrected chi connectivity index (χ1v) is 5.39. The van der Waals surface area contributed by atoms with Gasteiger partial charge in [-0.05, 0) is 40.5 Å². The summed E-state index contributed by atoms with van der Waals surface area (Å²) in [6.07, 6.45) is 2.50. The van der Waals surface area contributed by atoms with Gasteiger partial charge in [-0.1, -0.05) is 6.08 Å². The van der Waals surface area contributed by atoms with Crippen LogP contribution in [0.15, 0.2) is 28.8 Å². The van der Waals surface area contributed by atoms with E-state index in [1.165, 1.54) is 12.1 Å². The van der Waals surface area contributed by atoms with E-state index in [1.54, 1.807) is 6.07 Å². The van der Waals surface area contributed by atoms with Gasteiger partial charge in [-0.25, -0.2) is 9.18 Å². The molecule has 0 unspecified atom stereocenters. The van der Waals surface area contributed by atoms with Crippen molar-refractivity contribution in [3.63, 3.8) is 0 Å². The van der Waals surface area contributed by atoms with Crippen molar-refractivity contribution in [3.8, 4) is 0 Å². The average Bonchev–Trinajstić information content (AvgIpc) is 2.19. The first-order chi connectivity index (χ1) is 7.50. The minimum absolute atomic E-state index is 0.341. The van der Waals surface area contributed by atoms with Crippen molar-refractivity contribution >= 4 is 27.6 Å². The van der Waals surface area contributed by atoms with E-state index in [9.17, 15) is 9.18 Å².